The van der Waals surface area contributed by atoms with E-state index >= 15 is 0 Å². The molecule has 0 saturated heterocycles. The SMILES string of the molecule is CC(Br)CCN(C)C(=O)C1C2CCCCC21. The molecule has 0 aromatic heterocycles. The standard InChI is InChI=1S/C13H22BrNO/c1-9(14)7-8-15(2)13(16)12-10-5-3-4-6-11(10)12/h9-12H,3-8H2,1-2H3. The number of nitrogens with zero attached hydrogens (tertiary/aromatic N) is 1. The summed E-state index contributed by atoms with van der Waals surface area (Å²) in [4.78, 5) is 14.6. The Kier molecular flexibility index (Phi) is 3.93. The monoisotopic (exact) mass is 287 g/mol. The molecule has 0 bridgehead atoms. The third kappa shape index (κ3) is 2.61. The fourth-order valence-corrected chi connectivity index (χ4v) is 3.30. The molecule has 3 heteroatoms. The van der Waals surface area contributed by atoms with Crippen LogP contribution >= 0.6 is 15.9 Å². The molecular formula is C13H22BrNO. The van der Waals surface area contributed by atoms with Gasteiger partial charge in [-0.05, 0) is 31.1 Å². The van der Waals surface area contributed by atoms with Gasteiger partial charge in [-0.15, -0.1) is 0 Å². The molecule has 2 rings (SSSR count). The topological polar surface area (TPSA) is 20.3 Å². The summed E-state index contributed by atoms with van der Waals surface area (Å²) in [6, 6.07) is 0. The lowest BCUT2D eigenvalue weighted by molar-refractivity contribution is -0.131. The summed E-state index contributed by atoms with van der Waals surface area (Å²) in [5.41, 5.74) is 0. The number of rotatable bonds is 4. The Bertz CT molecular complexity index is 255. The lowest BCUT2D eigenvalue weighted by atomic mass is 10.0. The normalized spacial score (nSPS) is 34.1. The smallest absolute Gasteiger partial charge is 0.226 e. The largest absolute Gasteiger partial charge is 0.345 e. The van der Waals surface area contributed by atoms with E-state index in [9.17, 15) is 4.79 Å². The number of hydrogen-bond donors (Lipinski definition) is 0. The van der Waals surface area contributed by atoms with Crippen molar-refractivity contribution in [3.8, 4) is 0 Å². The Labute approximate surface area is 107 Å². The lowest BCUT2D eigenvalue weighted by Crippen LogP contribution is -2.30. The van der Waals surface area contributed by atoms with Gasteiger partial charge in [0.05, 0.1) is 0 Å². The minimum atomic E-state index is 0.387. The zero-order valence-electron chi connectivity index (χ0n) is 10.3. The van der Waals surface area contributed by atoms with Crippen LogP contribution in [0.5, 0.6) is 0 Å². The third-order valence-electron chi connectivity index (χ3n) is 4.18. The van der Waals surface area contributed by atoms with E-state index in [1.165, 1.54) is 25.7 Å². The maximum absolute atomic E-state index is 12.2. The van der Waals surface area contributed by atoms with E-state index in [1.54, 1.807) is 0 Å². The van der Waals surface area contributed by atoms with Crippen LogP contribution < -0.4 is 0 Å². The molecule has 0 spiro atoms. The summed E-state index contributed by atoms with van der Waals surface area (Å²) in [5, 5.41) is 0. The first-order chi connectivity index (χ1) is 7.61. The lowest BCUT2D eigenvalue weighted by Gasteiger charge is -2.18. The minimum Gasteiger partial charge on any atom is -0.345 e. The van der Waals surface area contributed by atoms with Crippen molar-refractivity contribution >= 4 is 21.8 Å². The third-order valence-corrected chi connectivity index (χ3v) is 4.64. The summed E-state index contributed by atoms with van der Waals surface area (Å²) in [5.74, 6) is 2.28. The summed E-state index contributed by atoms with van der Waals surface area (Å²) in [6.07, 6.45) is 6.32. The molecule has 2 aliphatic carbocycles. The highest BCUT2D eigenvalue weighted by Gasteiger charge is 2.55. The average Bonchev–Trinajstić information content (AvgIpc) is 2.99. The van der Waals surface area contributed by atoms with Crippen LogP contribution in [0.4, 0.5) is 0 Å². The van der Waals surface area contributed by atoms with E-state index in [-0.39, 0.29) is 0 Å². The highest BCUT2D eigenvalue weighted by molar-refractivity contribution is 9.09. The first-order valence-electron chi connectivity index (χ1n) is 6.50. The number of hydrogen-bond acceptors (Lipinski definition) is 1. The first kappa shape index (κ1) is 12.4. The number of carbonyl (C=O) groups excluding carboxylic acids is 1. The number of halogens is 1. The van der Waals surface area contributed by atoms with E-state index in [0.717, 1.165) is 24.8 Å². The second-order valence-corrected chi connectivity index (χ2v) is 7.03. The Morgan fingerprint density at radius 3 is 2.44 bits per heavy atom. The molecule has 2 nitrogen and oxygen atoms in total. The van der Waals surface area contributed by atoms with Crippen molar-refractivity contribution < 1.29 is 4.79 Å². The second kappa shape index (κ2) is 5.07. The fraction of sp³-hybridized carbons (Fsp3) is 0.923. The number of amides is 1. The second-order valence-electron chi connectivity index (χ2n) is 5.47. The molecule has 2 saturated carbocycles. The summed E-state index contributed by atoms with van der Waals surface area (Å²) in [6.45, 7) is 3.02. The summed E-state index contributed by atoms with van der Waals surface area (Å²) in [7, 11) is 1.96. The highest BCUT2D eigenvalue weighted by atomic mass is 79.9. The van der Waals surface area contributed by atoms with E-state index in [1.807, 2.05) is 11.9 Å². The number of carbonyl (C=O) groups is 1. The summed E-state index contributed by atoms with van der Waals surface area (Å²) < 4.78 is 0. The van der Waals surface area contributed by atoms with Gasteiger partial charge in [-0.1, -0.05) is 35.7 Å². The molecule has 2 aliphatic rings. The zero-order valence-corrected chi connectivity index (χ0v) is 11.9. The van der Waals surface area contributed by atoms with E-state index in [2.05, 4.69) is 22.9 Å². The van der Waals surface area contributed by atoms with Crippen molar-refractivity contribution in [2.75, 3.05) is 13.6 Å². The molecular weight excluding hydrogens is 266 g/mol. The van der Waals surface area contributed by atoms with E-state index in [0.29, 0.717) is 16.7 Å². The molecule has 3 atom stereocenters. The van der Waals surface area contributed by atoms with Crippen LogP contribution in [0.1, 0.15) is 39.0 Å². The Morgan fingerprint density at radius 1 is 1.38 bits per heavy atom. The number of alkyl halides is 1. The van der Waals surface area contributed by atoms with Crippen LogP contribution in [-0.2, 0) is 4.79 Å². The van der Waals surface area contributed by atoms with Crippen molar-refractivity contribution in [2.45, 2.75) is 43.9 Å². The van der Waals surface area contributed by atoms with Crippen molar-refractivity contribution in [2.24, 2.45) is 17.8 Å². The van der Waals surface area contributed by atoms with Gasteiger partial charge in [0.25, 0.3) is 0 Å². The molecule has 1 amide bonds. The van der Waals surface area contributed by atoms with Gasteiger partial charge in [-0.3, -0.25) is 4.79 Å². The molecule has 0 aromatic carbocycles. The van der Waals surface area contributed by atoms with Crippen molar-refractivity contribution in [1.29, 1.82) is 0 Å². The van der Waals surface area contributed by atoms with Gasteiger partial charge in [-0.2, -0.15) is 0 Å². The molecule has 0 N–H and O–H groups in total. The molecule has 0 aromatic rings. The fourth-order valence-electron chi connectivity index (χ4n) is 3.09. The van der Waals surface area contributed by atoms with Gasteiger partial charge >= 0.3 is 0 Å². The Balaban J connectivity index is 1.79. The predicted molar refractivity (Wildman–Crippen MR) is 69.6 cm³/mol. The van der Waals surface area contributed by atoms with Crippen molar-refractivity contribution in [3.05, 3.63) is 0 Å². The molecule has 0 radical (unpaired) electrons. The van der Waals surface area contributed by atoms with E-state index in [4.69, 9.17) is 0 Å². The molecule has 16 heavy (non-hydrogen) atoms. The van der Waals surface area contributed by atoms with Crippen LogP contribution in [0.3, 0.4) is 0 Å². The van der Waals surface area contributed by atoms with Crippen LogP contribution in [-0.4, -0.2) is 29.2 Å². The first-order valence-corrected chi connectivity index (χ1v) is 7.42. The summed E-state index contributed by atoms with van der Waals surface area (Å²) >= 11 is 3.53. The Hall–Kier alpha value is -0.0500. The maximum Gasteiger partial charge on any atom is 0.226 e. The predicted octanol–water partition coefficient (Wildman–Crippen LogP) is 3.05. The van der Waals surface area contributed by atoms with Gasteiger partial charge in [0.1, 0.15) is 0 Å². The van der Waals surface area contributed by atoms with Crippen LogP contribution in [0.25, 0.3) is 0 Å². The molecule has 92 valence electrons. The zero-order chi connectivity index (χ0) is 11.7. The average molecular weight is 288 g/mol. The van der Waals surface area contributed by atoms with Crippen LogP contribution in [0, 0.1) is 17.8 Å². The Morgan fingerprint density at radius 2 is 1.94 bits per heavy atom. The van der Waals surface area contributed by atoms with E-state index < -0.39 is 0 Å². The van der Waals surface area contributed by atoms with Gasteiger partial charge in [0.15, 0.2) is 0 Å². The molecule has 3 unspecified atom stereocenters. The van der Waals surface area contributed by atoms with Crippen LogP contribution in [0.2, 0.25) is 0 Å². The highest BCUT2D eigenvalue weighted by Crippen LogP contribution is 2.55. The molecule has 0 heterocycles. The number of fused-ring (bicyclic) bond motifs is 1. The molecule has 0 aliphatic heterocycles. The quantitative estimate of drug-likeness (QED) is 0.728. The maximum atomic E-state index is 12.2. The van der Waals surface area contributed by atoms with Gasteiger partial charge in [0.2, 0.25) is 5.91 Å². The van der Waals surface area contributed by atoms with Gasteiger partial charge in [0, 0.05) is 24.3 Å². The van der Waals surface area contributed by atoms with Crippen molar-refractivity contribution in [1.82, 2.24) is 4.90 Å². The van der Waals surface area contributed by atoms with Crippen LogP contribution in [0.15, 0.2) is 0 Å². The van der Waals surface area contributed by atoms with Gasteiger partial charge < -0.3 is 4.90 Å². The molecule has 2 fully saturated rings. The van der Waals surface area contributed by atoms with Crippen molar-refractivity contribution in [3.63, 3.8) is 0 Å². The van der Waals surface area contributed by atoms with Gasteiger partial charge in [-0.25, -0.2) is 0 Å². The minimum absolute atomic E-state index is 0.387.